The number of hydrogen-bond acceptors (Lipinski definition) is 1. The average molecular weight is 255 g/mol. The molecule has 0 amide bonds. The molecule has 1 saturated carbocycles. The van der Waals surface area contributed by atoms with E-state index in [2.05, 4.69) is 28.1 Å². The van der Waals surface area contributed by atoms with Crippen LogP contribution in [0.3, 0.4) is 0 Å². The van der Waals surface area contributed by atoms with E-state index < -0.39 is 0 Å². The number of hydrogen-bond donors (Lipinski definition) is 0. The van der Waals surface area contributed by atoms with Crippen LogP contribution in [0.4, 0.5) is 0 Å². The van der Waals surface area contributed by atoms with Crippen molar-refractivity contribution in [2.75, 3.05) is 7.11 Å². The molecular formula is C12H15BrO. The first-order valence-corrected chi connectivity index (χ1v) is 5.99. The lowest BCUT2D eigenvalue weighted by molar-refractivity contribution is 0.409. The number of benzene rings is 1. The maximum Gasteiger partial charge on any atom is 0.122 e. The summed E-state index contributed by atoms with van der Waals surface area (Å²) in [6.07, 6.45) is 3.84. The molecular weight excluding hydrogens is 240 g/mol. The Morgan fingerprint density at radius 2 is 2.14 bits per heavy atom. The van der Waals surface area contributed by atoms with E-state index in [4.69, 9.17) is 4.74 Å². The summed E-state index contributed by atoms with van der Waals surface area (Å²) >= 11 is 3.75. The Balaban J connectivity index is 2.06. The molecule has 1 aromatic rings. The van der Waals surface area contributed by atoms with Crippen LogP contribution >= 0.6 is 15.9 Å². The molecule has 1 aromatic carbocycles. The van der Waals surface area contributed by atoms with Crippen molar-refractivity contribution < 1.29 is 4.74 Å². The Hall–Kier alpha value is -0.500. The van der Waals surface area contributed by atoms with Crippen molar-refractivity contribution in [2.24, 2.45) is 5.92 Å². The van der Waals surface area contributed by atoms with E-state index in [-0.39, 0.29) is 0 Å². The van der Waals surface area contributed by atoms with E-state index in [0.717, 1.165) is 18.1 Å². The largest absolute Gasteiger partial charge is 0.496 e. The summed E-state index contributed by atoms with van der Waals surface area (Å²) in [6.45, 7) is 0. The number of rotatable bonds is 4. The lowest BCUT2D eigenvalue weighted by Gasteiger charge is -2.11. The summed E-state index contributed by atoms with van der Waals surface area (Å²) in [7, 11) is 1.74. The smallest absolute Gasteiger partial charge is 0.122 e. The molecule has 2 heteroatoms. The number of methoxy groups -OCH3 is 1. The summed E-state index contributed by atoms with van der Waals surface area (Å²) in [5.41, 5.74) is 1.31. The van der Waals surface area contributed by atoms with Gasteiger partial charge in [-0.2, -0.15) is 0 Å². The van der Waals surface area contributed by atoms with Crippen molar-refractivity contribution in [1.29, 1.82) is 0 Å². The number of alkyl halides is 1. The normalized spacial score (nSPS) is 17.9. The van der Waals surface area contributed by atoms with Gasteiger partial charge in [-0.3, -0.25) is 0 Å². The molecule has 0 spiro atoms. The van der Waals surface area contributed by atoms with Gasteiger partial charge in [0.15, 0.2) is 0 Å². The van der Waals surface area contributed by atoms with E-state index in [1.54, 1.807) is 7.11 Å². The molecule has 14 heavy (non-hydrogen) atoms. The Morgan fingerprint density at radius 3 is 2.79 bits per heavy atom. The molecule has 1 atom stereocenters. The van der Waals surface area contributed by atoms with Crippen molar-refractivity contribution in [3.63, 3.8) is 0 Å². The Morgan fingerprint density at radius 1 is 1.43 bits per heavy atom. The van der Waals surface area contributed by atoms with E-state index in [0.29, 0.717) is 4.83 Å². The maximum atomic E-state index is 5.33. The third-order valence-corrected chi connectivity index (χ3v) is 3.81. The Kier molecular flexibility index (Phi) is 3.12. The van der Waals surface area contributed by atoms with Gasteiger partial charge in [0.05, 0.1) is 7.11 Å². The van der Waals surface area contributed by atoms with E-state index in [9.17, 15) is 0 Å². The van der Waals surface area contributed by atoms with Gasteiger partial charge in [-0.05, 0) is 36.8 Å². The summed E-state index contributed by atoms with van der Waals surface area (Å²) in [5, 5.41) is 0. The zero-order chi connectivity index (χ0) is 9.97. The van der Waals surface area contributed by atoms with Crippen LogP contribution in [-0.4, -0.2) is 11.9 Å². The van der Waals surface area contributed by atoms with Gasteiger partial charge in [0.25, 0.3) is 0 Å². The summed E-state index contributed by atoms with van der Waals surface area (Å²) < 4.78 is 5.33. The molecule has 1 aliphatic rings. The van der Waals surface area contributed by atoms with Crippen LogP contribution in [0.2, 0.25) is 0 Å². The highest BCUT2D eigenvalue weighted by Crippen LogP contribution is 2.39. The molecule has 2 rings (SSSR count). The highest BCUT2D eigenvalue weighted by molar-refractivity contribution is 9.09. The SMILES string of the molecule is COc1ccccc1CC(Br)C1CC1. The Bertz CT molecular complexity index is 307. The van der Waals surface area contributed by atoms with Crippen LogP contribution in [0, 0.1) is 5.92 Å². The molecule has 0 N–H and O–H groups in total. The van der Waals surface area contributed by atoms with Gasteiger partial charge >= 0.3 is 0 Å². The second-order valence-corrected chi connectivity index (χ2v) is 5.05. The van der Waals surface area contributed by atoms with Crippen LogP contribution in [-0.2, 0) is 6.42 Å². The molecule has 0 heterocycles. The van der Waals surface area contributed by atoms with E-state index in [1.807, 2.05) is 12.1 Å². The van der Waals surface area contributed by atoms with Crippen LogP contribution in [0.1, 0.15) is 18.4 Å². The minimum absolute atomic E-state index is 0.624. The third-order valence-electron chi connectivity index (χ3n) is 2.74. The first kappa shape index (κ1) is 10.0. The van der Waals surface area contributed by atoms with Crippen LogP contribution in [0.25, 0.3) is 0 Å². The fourth-order valence-corrected chi connectivity index (χ4v) is 2.58. The van der Waals surface area contributed by atoms with Crippen LogP contribution < -0.4 is 4.74 Å². The van der Waals surface area contributed by atoms with Crippen molar-refractivity contribution in [1.82, 2.24) is 0 Å². The molecule has 76 valence electrons. The van der Waals surface area contributed by atoms with Gasteiger partial charge in [-0.1, -0.05) is 34.1 Å². The van der Waals surface area contributed by atoms with Crippen molar-refractivity contribution in [2.45, 2.75) is 24.1 Å². The van der Waals surface area contributed by atoms with Crippen LogP contribution in [0.5, 0.6) is 5.75 Å². The molecule has 0 aromatic heterocycles. The lowest BCUT2D eigenvalue weighted by Crippen LogP contribution is -2.06. The second kappa shape index (κ2) is 4.35. The predicted octanol–water partition coefficient (Wildman–Crippen LogP) is 3.41. The fraction of sp³-hybridized carbons (Fsp3) is 0.500. The summed E-state index contributed by atoms with van der Waals surface area (Å²) in [5.74, 6) is 1.90. The van der Waals surface area contributed by atoms with Gasteiger partial charge in [0.2, 0.25) is 0 Å². The monoisotopic (exact) mass is 254 g/mol. The van der Waals surface area contributed by atoms with Crippen molar-refractivity contribution >= 4 is 15.9 Å². The van der Waals surface area contributed by atoms with Gasteiger partial charge in [0.1, 0.15) is 5.75 Å². The maximum absolute atomic E-state index is 5.33. The van der Waals surface area contributed by atoms with Crippen molar-refractivity contribution in [3.05, 3.63) is 29.8 Å². The first-order chi connectivity index (χ1) is 6.81. The molecule has 0 aliphatic heterocycles. The minimum atomic E-state index is 0.624. The quantitative estimate of drug-likeness (QED) is 0.749. The third kappa shape index (κ3) is 2.30. The second-order valence-electron chi connectivity index (χ2n) is 3.87. The molecule has 0 bridgehead atoms. The van der Waals surface area contributed by atoms with E-state index >= 15 is 0 Å². The highest BCUT2D eigenvalue weighted by atomic mass is 79.9. The van der Waals surface area contributed by atoms with Gasteiger partial charge in [-0.25, -0.2) is 0 Å². The topological polar surface area (TPSA) is 9.23 Å². The fourth-order valence-electron chi connectivity index (χ4n) is 1.71. The first-order valence-electron chi connectivity index (χ1n) is 5.07. The molecule has 1 nitrogen and oxygen atoms in total. The minimum Gasteiger partial charge on any atom is -0.496 e. The standard InChI is InChI=1S/C12H15BrO/c1-14-12-5-3-2-4-10(12)8-11(13)9-6-7-9/h2-5,9,11H,6-8H2,1H3. The molecule has 1 unspecified atom stereocenters. The van der Waals surface area contributed by atoms with Gasteiger partial charge in [0, 0.05) is 4.83 Å². The predicted molar refractivity (Wildman–Crippen MR) is 62.1 cm³/mol. The molecule has 1 aliphatic carbocycles. The lowest BCUT2D eigenvalue weighted by atomic mass is 10.1. The molecule has 1 fully saturated rings. The van der Waals surface area contributed by atoms with Crippen molar-refractivity contribution in [3.8, 4) is 5.75 Å². The average Bonchev–Trinajstić information content (AvgIpc) is 3.02. The Labute approximate surface area is 93.6 Å². The number of para-hydroxylation sites is 1. The zero-order valence-electron chi connectivity index (χ0n) is 8.37. The van der Waals surface area contributed by atoms with Gasteiger partial charge in [-0.15, -0.1) is 0 Å². The van der Waals surface area contributed by atoms with E-state index in [1.165, 1.54) is 18.4 Å². The summed E-state index contributed by atoms with van der Waals surface area (Å²) in [4.78, 5) is 0.624. The van der Waals surface area contributed by atoms with Gasteiger partial charge < -0.3 is 4.74 Å². The van der Waals surface area contributed by atoms with Crippen LogP contribution in [0.15, 0.2) is 24.3 Å². The molecule has 0 saturated heterocycles. The highest BCUT2D eigenvalue weighted by Gasteiger charge is 2.29. The zero-order valence-corrected chi connectivity index (χ0v) is 9.96. The number of ether oxygens (including phenoxy) is 1. The molecule has 0 radical (unpaired) electrons. The number of halogens is 1. The summed E-state index contributed by atoms with van der Waals surface area (Å²) in [6, 6.07) is 8.27.